The molecule has 0 aliphatic carbocycles. The highest BCUT2D eigenvalue weighted by Gasteiger charge is 2.33. The molecule has 1 aromatic rings. The van der Waals surface area contributed by atoms with Crippen LogP contribution >= 0.6 is 0 Å². The summed E-state index contributed by atoms with van der Waals surface area (Å²) < 4.78 is 68.0. The van der Waals surface area contributed by atoms with Gasteiger partial charge in [0.1, 0.15) is 10.6 Å². The summed E-state index contributed by atoms with van der Waals surface area (Å²) in [5.41, 5.74) is -1.13. The van der Waals surface area contributed by atoms with E-state index >= 15 is 0 Å². The molecule has 0 saturated carbocycles. The minimum Gasteiger partial charge on any atom is -0.380 e. The van der Waals surface area contributed by atoms with E-state index in [1.807, 2.05) is 0 Å². The number of nitrogens with one attached hydrogen (secondary N) is 1. The number of pyridine rings is 1. The summed E-state index contributed by atoms with van der Waals surface area (Å²) in [7, 11) is -3.87. The van der Waals surface area contributed by atoms with Crippen LogP contribution in [0.15, 0.2) is 23.2 Å². The number of alkyl halides is 3. The van der Waals surface area contributed by atoms with E-state index in [1.165, 1.54) is 0 Å². The van der Waals surface area contributed by atoms with Crippen LogP contribution in [0.25, 0.3) is 0 Å². The minimum absolute atomic E-state index is 0.257. The summed E-state index contributed by atoms with van der Waals surface area (Å²) in [6.07, 6.45) is -3.36. The van der Waals surface area contributed by atoms with E-state index in [9.17, 15) is 21.6 Å². The maximum absolute atomic E-state index is 12.3. The molecule has 1 N–H and O–H groups in total. The number of rotatable bonds is 3. The molecule has 0 aromatic carbocycles. The average Bonchev–Trinajstić information content (AvgIpc) is 2.80. The summed E-state index contributed by atoms with van der Waals surface area (Å²) in [6, 6.07) is 1.17. The highest BCUT2D eigenvalue weighted by Crippen LogP contribution is 2.27. The largest absolute Gasteiger partial charge is 0.433 e. The summed E-state index contributed by atoms with van der Waals surface area (Å²) >= 11 is 0. The Morgan fingerprint density at radius 3 is 2.58 bits per heavy atom. The lowest BCUT2D eigenvalue weighted by Gasteiger charge is -2.12. The van der Waals surface area contributed by atoms with Crippen molar-refractivity contribution in [3.63, 3.8) is 0 Å². The number of halogens is 3. The molecule has 0 unspecified atom stereocenters. The van der Waals surface area contributed by atoms with Crippen LogP contribution in [0.1, 0.15) is 12.1 Å². The van der Waals surface area contributed by atoms with Gasteiger partial charge in [0.25, 0.3) is 0 Å². The fraction of sp³-hybridized carbons (Fsp3) is 0.500. The Morgan fingerprint density at radius 1 is 1.37 bits per heavy atom. The highest BCUT2D eigenvalue weighted by atomic mass is 32.2. The highest BCUT2D eigenvalue weighted by molar-refractivity contribution is 7.89. The third-order valence-electron chi connectivity index (χ3n) is 2.59. The zero-order chi connectivity index (χ0) is 14.1. The number of nitrogens with zero attached hydrogens (tertiary/aromatic N) is 1. The molecule has 9 heteroatoms. The van der Waals surface area contributed by atoms with Crippen molar-refractivity contribution in [1.82, 2.24) is 9.71 Å². The molecule has 5 nitrogen and oxygen atoms in total. The van der Waals surface area contributed by atoms with Gasteiger partial charge in [-0.1, -0.05) is 0 Å². The third kappa shape index (κ3) is 3.43. The van der Waals surface area contributed by atoms with E-state index in [-0.39, 0.29) is 17.5 Å². The SMILES string of the molecule is O=S(=O)(N[C@@H]1CCOC1)c1ccc(C(F)(F)F)nc1. The first-order valence-corrected chi connectivity index (χ1v) is 6.91. The van der Waals surface area contributed by atoms with Gasteiger partial charge in [-0.3, -0.25) is 4.98 Å². The maximum Gasteiger partial charge on any atom is 0.433 e. The minimum atomic E-state index is -4.59. The van der Waals surface area contributed by atoms with Gasteiger partial charge in [0.05, 0.1) is 6.61 Å². The van der Waals surface area contributed by atoms with Crippen molar-refractivity contribution in [1.29, 1.82) is 0 Å². The summed E-state index contributed by atoms with van der Waals surface area (Å²) in [5, 5.41) is 0. The topological polar surface area (TPSA) is 68.3 Å². The molecule has 0 bridgehead atoms. The van der Waals surface area contributed by atoms with E-state index in [0.717, 1.165) is 6.07 Å². The summed E-state index contributed by atoms with van der Waals surface area (Å²) in [4.78, 5) is 2.82. The Hall–Kier alpha value is -1.19. The Kier molecular flexibility index (Phi) is 3.79. The number of hydrogen-bond donors (Lipinski definition) is 1. The van der Waals surface area contributed by atoms with Gasteiger partial charge in [-0.05, 0) is 18.6 Å². The van der Waals surface area contributed by atoms with Crippen LogP contribution in [0.3, 0.4) is 0 Å². The lowest BCUT2D eigenvalue weighted by atomic mass is 10.3. The molecule has 0 amide bonds. The monoisotopic (exact) mass is 296 g/mol. The van der Waals surface area contributed by atoms with Crippen LogP contribution in [-0.2, 0) is 20.9 Å². The van der Waals surface area contributed by atoms with Gasteiger partial charge in [0.15, 0.2) is 0 Å². The molecule has 1 fully saturated rings. The van der Waals surface area contributed by atoms with Crippen LogP contribution in [-0.4, -0.2) is 32.7 Å². The standard InChI is InChI=1S/C10H11F3N2O3S/c11-10(12,13)9-2-1-8(5-14-9)19(16,17)15-7-3-4-18-6-7/h1-2,5,7,15H,3-4,6H2/t7-/m1/s1. The molecule has 1 aliphatic rings. The molecule has 2 heterocycles. The van der Waals surface area contributed by atoms with Gasteiger partial charge in [0, 0.05) is 18.8 Å². The molecule has 0 radical (unpaired) electrons. The van der Waals surface area contributed by atoms with Crippen molar-refractivity contribution in [3.05, 3.63) is 24.0 Å². The third-order valence-corrected chi connectivity index (χ3v) is 4.09. The average molecular weight is 296 g/mol. The first kappa shape index (κ1) is 14.2. The number of sulfonamides is 1. The van der Waals surface area contributed by atoms with Crippen LogP contribution in [0.4, 0.5) is 13.2 Å². The van der Waals surface area contributed by atoms with Crippen LogP contribution < -0.4 is 4.72 Å². The van der Waals surface area contributed by atoms with Crippen molar-refractivity contribution in [3.8, 4) is 0 Å². The van der Waals surface area contributed by atoms with Crippen LogP contribution in [0, 0.1) is 0 Å². The van der Waals surface area contributed by atoms with Crippen molar-refractivity contribution in [2.75, 3.05) is 13.2 Å². The van der Waals surface area contributed by atoms with Crippen molar-refractivity contribution >= 4 is 10.0 Å². The van der Waals surface area contributed by atoms with E-state index in [0.29, 0.717) is 25.3 Å². The van der Waals surface area contributed by atoms with Crippen molar-refractivity contribution in [2.24, 2.45) is 0 Å². The molecule has 106 valence electrons. The smallest absolute Gasteiger partial charge is 0.380 e. The van der Waals surface area contributed by atoms with Gasteiger partial charge in [-0.25, -0.2) is 13.1 Å². The lowest BCUT2D eigenvalue weighted by Crippen LogP contribution is -2.35. The molecular formula is C10H11F3N2O3S. The molecule has 2 rings (SSSR count). The molecule has 1 saturated heterocycles. The van der Waals surface area contributed by atoms with Crippen LogP contribution in [0.2, 0.25) is 0 Å². The predicted molar refractivity (Wildman–Crippen MR) is 58.8 cm³/mol. The van der Waals surface area contributed by atoms with E-state index in [2.05, 4.69) is 9.71 Å². The molecule has 0 spiro atoms. The molecule has 19 heavy (non-hydrogen) atoms. The van der Waals surface area contributed by atoms with Crippen molar-refractivity contribution in [2.45, 2.75) is 23.5 Å². The zero-order valence-corrected chi connectivity index (χ0v) is 10.5. The van der Waals surface area contributed by atoms with Crippen LogP contribution in [0.5, 0.6) is 0 Å². The van der Waals surface area contributed by atoms with Gasteiger partial charge < -0.3 is 4.74 Å². The second-order valence-electron chi connectivity index (χ2n) is 4.06. The summed E-state index contributed by atoms with van der Waals surface area (Å²) in [6.45, 7) is 0.714. The quantitative estimate of drug-likeness (QED) is 0.909. The van der Waals surface area contributed by atoms with Crippen molar-refractivity contribution < 1.29 is 26.3 Å². The van der Waals surface area contributed by atoms with Gasteiger partial charge in [-0.15, -0.1) is 0 Å². The Bertz CT molecular complexity index is 536. The fourth-order valence-corrected chi connectivity index (χ4v) is 2.82. The van der Waals surface area contributed by atoms with Gasteiger partial charge >= 0.3 is 6.18 Å². The number of ether oxygens (including phenoxy) is 1. The summed E-state index contributed by atoms with van der Waals surface area (Å²) in [5.74, 6) is 0. The first-order valence-electron chi connectivity index (χ1n) is 5.42. The molecule has 1 atom stereocenters. The number of aromatic nitrogens is 1. The van der Waals surface area contributed by atoms with E-state index in [4.69, 9.17) is 4.74 Å². The Labute approximate surface area is 107 Å². The molecular weight excluding hydrogens is 285 g/mol. The molecule has 1 aliphatic heterocycles. The Morgan fingerprint density at radius 2 is 2.11 bits per heavy atom. The van der Waals surface area contributed by atoms with Gasteiger partial charge in [-0.2, -0.15) is 13.2 Å². The second-order valence-corrected chi connectivity index (χ2v) is 5.77. The van der Waals surface area contributed by atoms with Gasteiger partial charge in [0.2, 0.25) is 10.0 Å². The Balaban J connectivity index is 2.16. The molecule has 1 aromatic heterocycles. The van der Waals surface area contributed by atoms with E-state index < -0.39 is 21.9 Å². The lowest BCUT2D eigenvalue weighted by molar-refractivity contribution is -0.141. The normalized spacial score (nSPS) is 20.7. The zero-order valence-electron chi connectivity index (χ0n) is 9.64. The maximum atomic E-state index is 12.3. The fourth-order valence-electron chi connectivity index (χ4n) is 1.62. The second kappa shape index (κ2) is 5.06. The predicted octanol–water partition coefficient (Wildman–Crippen LogP) is 1.17. The van der Waals surface area contributed by atoms with E-state index in [1.54, 1.807) is 0 Å². The number of hydrogen-bond acceptors (Lipinski definition) is 4. The first-order chi connectivity index (χ1) is 8.79.